The quantitative estimate of drug-likeness (QED) is 0.749. The fourth-order valence-corrected chi connectivity index (χ4v) is 3.00. The Morgan fingerprint density at radius 1 is 1.16 bits per heavy atom. The van der Waals surface area contributed by atoms with Crippen LogP contribution in [0.25, 0.3) is 22.4 Å². The summed E-state index contributed by atoms with van der Waals surface area (Å²) in [5.74, 6) is 0.335. The van der Waals surface area contributed by atoms with Crippen molar-refractivity contribution in [1.29, 1.82) is 0 Å². The highest BCUT2D eigenvalue weighted by atomic mass is 35.5. The Morgan fingerprint density at radius 3 is 2.72 bits per heavy atom. The zero-order chi connectivity index (χ0) is 17.4. The van der Waals surface area contributed by atoms with E-state index in [0.29, 0.717) is 54.5 Å². The number of anilines is 2. The molecular weight excluding hydrogens is 347 g/mol. The van der Waals surface area contributed by atoms with E-state index in [9.17, 15) is 4.39 Å². The number of hydrogen-bond acceptors (Lipinski definition) is 7. The van der Waals surface area contributed by atoms with Gasteiger partial charge in [-0.05, 0) is 18.2 Å². The first-order valence-electron chi connectivity index (χ1n) is 7.70. The van der Waals surface area contributed by atoms with Crippen LogP contribution in [-0.2, 0) is 4.74 Å². The van der Waals surface area contributed by atoms with Crippen LogP contribution in [0.3, 0.4) is 0 Å². The van der Waals surface area contributed by atoms with Crippen molar-refractivity contribution in [1.82, 2.24) is 19.9 Å². The molecule has 0 bridgehead atoms. The van der Waals surface area contributed by atoms with Gasteiger partial charge in [-0.1, -0.05) is 11.6 Å². The van der Waals surface area contributed by atoms with Gasteiger partial charge in [0, 0.05) is 18.7 Å². The monoisotopic (exact) mass is 360 g/mol. The Kier molecular flexibility index (Phi) is 4.06. The van der Waals surface area contributed by atoms with E-state index in [1.807, 2.05) is 4.90 Å². The molecule has 4 rings (SSSR count). The van der Waals surface area contributed by atoms with Gasteiger partial charge in [0.1, 0.15) is 5.82 Å². The van der Waals surface area contributed by atoms with E-state index in [-0.39, 0.29) is 11.0 Å². The standard InChI is InChI=1S/C16H14ClFN6O/c17-11-7-9(18)1-2-10(11)12-8-20-14-13(21-12)15(23-16(19)22-14)24-3-5-25-6-4-24/h1-2,7-8H,3-6H2,(H2,19,20,22,23). The van der Waals surface area contributed by atoms with E-state index in [4.69, 9.17) is 22.1 Å². The molecule has 1 aliphatic heterocycles. The largest absolute Gasteiger partial charge is 0.378 e. The minimum atomic E-state index is -0.410. The Balaban J connectivity index is 1.87. The summed E-state index contributed by atoms with van der Waals surface area (Å²) in [4.78, 5) is 19.5. The lowest BCUT2D eigenvalue weighted by atomic mass is 10.1. The Morgan fingerprint density at radius 2 is 1.96 bits per heavy atom. The third kappa shape index (κ3) is 3.06. The number of nitrogens with zero attached hydrogens (tertiary/aromatic N) is 5. The van der Waals surface area contributed by atoms with Crippen LogP contribution in [-0.4, -0.2) is 46.2 Å². The zero-order valence-corrected chi connectivity index (χ0v) is 13.9. The van der Waals surface area contributed by atoms with Gasteiger partial charge in [0.2, 0.25) is 5.95 Å². The third-order valence-corrected chi connectivity index (χ3v) is 4.24. The lowest BCUT2D eigenvalue weighted by Crippen LogP contribution is -2.37. The maximum atomic E-state index is 13.3. The second-order valence-electron chi connectivity index (χ2n) is 5.56. The average molecular weight is 361 g/mol. The van der Waals surface area contributed by atoms with Gasteiger partial charge in [-0.2, -0.15) is 9.97 Å². The minimum Gasteiger partial charge on any atom is -0.378 e. The van der Waals surface area contributed by atoms with Crippen LogP contribution < -0.4 is 10.6 Å². The number of morpholine rings is 1. The molecule has 0 amide bonds. The highest BCUT2D eigenvalue weighted by Gasteiger charge is 2.19. The van der Waals surface area contributed by atoms with E-state index in [1.165, 1.54) is 18.3 Å². The number of nitrogens with two attached hydrogens (primary N) is 1. The van der Waals surface area contributed by atoms with Crippen molar-refractivity contribution in [2.75, 3.05) is 36.9 Å². The smallest absolute Gasteiger partial charge is 0.224 e. The molecule has 1 saturated heterocycles. The second kappa shape index (κ2) is 6.38. The van der Waals surface area contributed by atoms with Gasteiger partial charge < -0.3 is 15.4 Å². The lowest BCUT2D eigenvalue weighted by molar-refractivity contribution is 0.122. The summed E-state index contributed by atoms with van der Waals surface area (Å²) in [5, 5.41) is 0.262. The second-order valence-corrected chi connectivity index (χ2v) is 5.96. The summed E-state index contributed by atoms with van der Waals surface area (Å²) in [7, 11) is 0. The molecule has 0 saturated carbocycles. The first-order valence-corrected chi connectivity index (χ1v) is 8.08. The third-order valence-electron chi connectivity index (χ3n) is 3.92. The van der Waals surface area contributed by atoms with Crippen molar-refractivity contribution < 1.29 is 9.13 Å². The molecule has 1 aromatic carbocycles. The molecule has 1 aliphatic rings. The highest BCUT2D eigenvalue weighted by Crippen LogP contribution is 2.30. The number of aromatic nitrogens is 4. The molecule has 1 fully saturated rings. The van der Waals surface area contributed by atoms with E-state index in [1.54, 1.807) is 6.07 Å². The first kappa shape index (κ1) is 15.9. The Labute approximate surface area is 147 Å². The summed E-state index contributed by atoms with van der Waals surface area (Å²) in [6.07, 6.45) is 1.54. The first-order chi connectivity index (χ1) is 12.1. The van der Waals surface area contributed by atoms with E-state index >= 15 is 0 Å². The zero-order valence-electron chi connectivity index (χ0n) is 13.1. The predicted molar refractivity (Wildman–Crippen MR) is 93.0 cm³/mol. The number of halogens is 2. The summed E-state index contributed by atoms with van der Waals surface area (Å²) in [6.45, 7) is 2.55. The predicted octanol–water partition coefficient (Wildman–Crippen LogP) is 2.30. The molecule has 7 nitrogen and oxygen atoms in total. The van der Waals surface area contributed by atoms with Gasteiger partial charge >= 0.3 is 0 Å². The van der Waals surface area contributed by atoms with Crippen molar-refractivity contribution >= 4 is 34.5 Å². The number of fused-ring (bicyclic) bond motifs is 1. The van der Waals surface area contributed by atoms with Crippen molar-refractivity contribution in [2.45, 2.75) is 0 Å². The summed E-state index contributed by atoms with van der Waals surface area (Å²) >= 11 is 6.14. The number of hydrogen-bond donors (Lipinski definition) is 1. The van der Waals surface area contributed by atoms with E-state index in [0.717, 1.165) is 0 Å². The molecule has 0 radical (unpaired) electrons. The highest BCUT2D eigenvalue weighted by molar-refractivity contribution is 6.33. The molecule has 3 heterocycles. The van der Waals surface area contributed by atoms with Crippen LogP contribution in [0.15, 0.2) is 24.4 Å². The van der Waals surface area contributed by atoms with Crippen LogP contribution in [0.4, 0.5) is 16.2 Å². The molecule has 0 unspecified atom stereocenters. The fraction of sp³-hybridized carbons (Fsp3) is 0.250. The van der Waals surface area contributed by atoms with Gasteiger partial charge in [0.05, 0.1) is 30.1 Å². The number of benzene rings is 1. The van der Waals surface area contributed by atoms with Gasteiger partial charge in [0.15, 0.2) is 17.0 Å². The summed E-state index contributed by atoms with van der Waals surface area (Å²) in [6, 6.07) is 4.14. The van der Waals surface area contributed by atoms with E-state index in [2.05, 4.69) is 19.9 Å². The Hall–Kier alpha value is -2.58. The fourth-order valence-electron chi connectivity index (χ4n) is 2.73. The molecular formula is C16H14ClFN6O. The molecule has 25 heavy (non-hydrogen) atoms. The summed E-state index contributed by atoms with van der Waals surface area (Å²) in [5.41, 5.74) is 7.83. The molecule has 9 heteroatoms. The lowest BCUT2D eigenvalue weighted by Gasteiger charge is -2.28. The van der Waals surface area contributed by atoms with Crippen molar-refractivity contribution in [3.8, 4) is 11.3 Å². The molecule has 0 atom stereocenters. The maximum absolute atomic E-state index is 13.3. The van der Waals surface area contributed by atoms with Crippen LogP contribution >= 0.6 is 11.6 Å². The number of rotatable bonds is 2. The SMILES string of the molecule is Nc1nc(N2CCOCC2)c2nc(-c3ccc(F)cc3Cl)cnc2n1. The molecule has 0 spiro atoms. The summed E-state index contributed by atoms with van der Waals surface area (Å²) < 4.78 is 18.7. The van der Waals surface area contributed by atoms with Crippen LogP contribution in [0.2, 0.25) is 5.02 Å². The van der Waals surface area contributed by atoms with Crippen LogP contribution in [0, 0.1) is 5.82 Å². The minimum absolute atomic E-state index is 0.135. The molecule has 3 aromatic rings. The number of ether oxygens (including phenoxy) is 1. The molecule has 2 aromatic heterocycles. The normalized spacial score (nSPS) is 14.9. The number of nitrogen functional groups attached to an aromatic ring is 1. The van der Waals surface area contributed by atoms with E-state index < -0.39 is 5.82 Å². The topological polar surface area (TPSA) is 90.0 Å². The van der Waals surface area contributed by atoms with Gasteiger partial charge in [-0.15, -0.1) is 0 Å². The maximum Gasteiger partial charge on any atom is 0.224 e. The van der Waals surface area contributed by atoms with Crippen LogP contribution in [0.1, 0.15) is 0 Å². The van der Waals surface area contributed by atoms with Crippen LogP contribution in [0.5, 0.6) is 0 Å². The van der Waals surface area contributed by atoms with Crippen molar-refractivity contribution in [2.24, 2.45) is 0 Å². The molecule has 0 aliphatic carbocycles. The van der Waals surface area contributed by atoms with Gasteiger partial charge in [-0.3, -0.25) is 0 Å². The van der Waals surface area contributed by atoms with Gasteiger partial charge in [0.25, 0.3) is 0 Å². The molecule has 2 N–H and O–H groups in total. The molecule has 128 valence electrons. The van der Waals surface area contributed by atoms with Crippen molar-refractivity contribution in [3.05, 3.63) is 35.2 Å². The van der Waals surface area contributed by atoms with Gasteiger partial charge in [-0.25, -0.2) is 14.4 Å². The van der Waals surface area contributed by atoms with Crippen molar-refractivity contribution in [3.63, 3.8) is 0 Å². The Bertz CT molecular complexity index is 947. The average Bonchev–Trinajstić information content (AvgIpc) is 2.61.